The van der Waals surface area contributed by atoms with Crippen LogP contribution < -0.4 is 10.0 Å². The molecule has 0 bridgehead atoms. The van der Waals surface area contributed by atoms with Gasteiger partial charge in [0.25, 0.3) is 10.0 Å². The molecule has 4 nitrogen and oxygen atoms in total. The first-order valence-corrected chi connectivity index (χ1v) is 8.30. The van der Waals surface area contributed by atoms with E-state index in [1.165, 1.54) is 29.5 Å². The molecule has 0 fully saturated rings. The third kappa shape index (κ3) is 3.17. The van der Waals surface area contributed by atoms with E-state index in [0.717, 1.165) is 5.56 Å². The summed E-state index contributed by atoms with van der Waals surface area (Å²) in [6.45, 7) is 2.22. The monoisotopic (exact) mass is 314 g/mol. The lowest BCUT2D eigenvalue weighted by atomic mass is 10.2. The number of anilines is 1. The van der Waals surface area contributed by atoms with Crippen LogP contribution in [0.3, 0.4) is 0 Å². The summed E-state index contributed by atoms with van der Waals surface area (Å²) in [4.78, 5) is 0.866. The van der Waals surface area contributed by atoms with E-state index in [-0.39, 0.29) is 10.6 Å². The largest absolute Gasteiger partial charge is 0.315 e. The van der Waals surface area contributed by atoms with Crippen LogP contribution >= 0.6 is 11.3 Å². The van der Waals surface area contributed by atoms with E-state index in [1.54, 1.807) is 25.4 Å². The van der Waals surface area contributed by atoms with Gasteiger partial charge in [0.2, 0.25) is 0 Å². The van der Waals surface area contributed by atoms with Crippen LogP contribution in [0, 0.1) is 12.7 Å². The summed E-state index contributed by atoms with van der Waals surface area (Å²) < 4.78 is 40.6. The first-order valence-electron chi connectivity index (χ1n) is 5.94. The fraction of sp³-hybridized carbons (Fsp3) is 0.231. The van der Waals surface area contributed by atoms with Gasteiger partial charge in [-0.2, -0.15) is 0 Å². The normalized spacial score (nSPS) is 11.6. The average molecular weight is 314 g/mol. The zero-order valence-corrected chi connectivity index (χ0v) is 12.7. The molecule has 2 rings (SSSR count). The maximum absolute atomic E-state index is 13.7. The second-order valence-corrected chi connectivity index (χ2v) is 6.98. The molecule has 1 heterocycles. The van der Waals surface area contributed by atoms with Gasteiger partial charge in [-0.15, -0.1) is 11.3 Å². The fourth-order valence-corrected chi connectivity index (χ4v) is 4.29. The second kappa shape index (κ2) is 5.90. The number of halogens is 1. The van der Waals surface area contributed by atoms with Gasteiger partial charge in [-0.1, -0.05) is 6.07 Å². The van der Waals surface area contributed by atoms with Crippen molar-refractivity contribution >= 4 is 27.0 Å². The molecule has 0 atom stereocenters. The molecule has 1 aromatic carbocycles. The molecule has 0 aliphatic carbocycles. The van der Waals surface area contributed by atoms with E-state index >= 15 is 0 Å². The summed E-state index contributed by atoms with van der Waals surface area (Å²) in [6, 6.07) is 5.82. The number of thiophene rings is 1. The van der Waals surface area contributed by atoms with Crippen molar-refractivity contribution in [2.75, 3.05) is 11.8 Å². The number of benzene rings is 1. The van der Waals surface area contributed by atoms with Gasteiger partial charge in [-0.05, 0) is 43.1 Å². The highest BCUT2D eigenvalue weighted by atomic mass is 32.2. The van der Waals surface area contributed by atoms with Crippen LogP contribution in [0.1, 0.15) is 10.4 Å². The molecule has 0 radical (unpaired) electrons. The van der Waals surface area contributed by atoms with Crippen LogP contribution in [-0.4, -0.2) is 15.5 Å². The van der Waals surface area contributed by atoms with Crippen LogP contribution in [0.2, 0.25) is 0 Å². The van der Waals surface area contributed by atoms with Crippen LogP contribution in [0.25, 0.3) is 0 Å². The molecule has 0 saturated heterocycles. The molecule has 0 saturated carbocycles. The summed E-state index contributed by atoms with van der Waals surface area (Å²) in [7, 11) is -2.04. The fourth-order valence-electron chi connectivity index (χ4n) is 1.77. The molecule has 7 heteroatoms. The Morgan fingerprint density at radius 3 is 2.75 bits per heavy atom. The molecule has 2 aromatic rings. The molecule has 108 valence electrons. The SMILES string of the molecule is CNCc1sccc1S(=O)(=O)Nc1cc(C)ccc1F. The van der Waals surface area contributed by atoms with Crippen LogP contribution in [0.15, 0.2) is 34.5 Å². The molecule has 20 heavy (non-hydrogen) atoms. The Morgan fingerprint density at radius 2 is 2.05 bits per heavy atom. The number of sulfonamides is 1. The Morgan fingerprint density at radius 1 is 1.30 bits per heavy atom. The lowest BCUT2D eigenvalue weighted by molar-refractivity contribution is 0.597. The molecule has 0 aliphatic heterocycles. The van der Waals surface area contributed by atoms with Crippen molar-refractivity contribution in [1.82, 2.24) is 5.32 Å². The lowest BCUT2D eigenvalue weighted by Gasteiger charge is -2.10. The maximum Gasteiger partial charge on any atom is 0.263 e. The number of hydrogen-bond acceptors (Lipinski definition) is 4. The molecule has 0 aliphatic rings. The van der Waals surface area contributed by atoms with Gasteiger partial charge in [0.15, 0.2) is 0 Å². The summed E-state index contributed by atoms with van der Waals surface area (Å²) in [5.74, 6) is -0.593. The Kier molecular flexibility index (Phi) is 4.42. The van der Waals surface area contributed by atoms with E-state index in [9.17, 15) is 12.8 Å². The predicted molar refractivity (Wildman–Crippen MR) is 79.0 cm³/mol. The van der Waals surface area contributed by atoms with Crippen LogP contribution in [0.5, 0.6) is 0 Å². The Labute approximate surface area is 121 Å². The standard InChI is InChI=1S/C13H15FN2O2S2/c1-9-3-4-10(14)11(7-9)16-20(17,18)13-5-6-19-12(13)8-15-2/h3-7,15-16H,8H2,1-2H3. The zero-order valence-electron chi connectivity index (χ0n) is 11.1. The highest BCUT2D eigenvalue weighted by Gasteiger charge is 2.20. The maximum atomic E-state index is 13.7. The van der Waals surface area contributed by atoms with Crippen molar-refractivity contribution < 1.29 is 12.8 Å². The van der Waals surface area contributed by atoms with Crippen LogP contribution in [-0.2, 0) is 16.6 Å². The molecular weight excluding hydrogens is 299 g/mol. The molecule has 1 aromatic heterocycles. The zero-order chi connectivity index (χ0) is 14.8. The Bertz CT molecular complexity index is 711. The summed E-state index contributed by atoms with van der Waals surface area (Å²) in [5.41, 5.74) is 0.747. The minimum Gasteiger partial charge on any atom is -0.315 e. The third-order valence-electron chi connectivity index (χ3n) is 2.70. The lowest BCUT2D eigenvalue weighted by Crippen LogP contribution is -2.16. The van der Waals surface area contributed by atoms with E-state index in [4.69, 9.17) is 0 Å². The van der Waals surface area contributed by atoms with Gasteiger partial charge in [-0.25, -0.2) is 12.8 Å². The molecule has 0 unspecified atom stereocenters. The topological polar surface area (TPSA) is 58.2 Å². The Balaban J connectivity index is 2.36. The summed E-state index contributed by atoms with van der Waals surface area (Å²) in [5, 5.41) is 4.61. The average Bonchev–Trinajstić information content (AvgIpc) is 2.83. The van der Waals surface area contributed by atoms with Gasteiger partial charge in [0, 0.05) is 11.4 Å². The third-order valence-corrected chi connectivity index (χ3v) is 5.20. The van der Waals surface area contributed by atoms with E-state index in [2.05, 4.69) is 10.0 Å². The summed E-state index contributed by atoms with van der Waals surface area (Å²) in [6.07, 6.45) is 0. The van der Waals surface area contributed by atoms with Crippen molar-refractivity contribution in [3.63, 3.8) is 0 Å². The van der Waals surface area contributed by atoms with Gasteiger partial charge in [0.05, 0.1) is 5.69 Å². The van der Waals surface area contributed by atoms with Gasteiger partial charge >= 0.3 is 0 Å². The molecular formula is C13H15FN2O2S2. The highest BCUT2D eigenvalue weighted by molar-refractivity contribution is 7.93. The van der Waals surface area contributed by atoms with Crippen molar-refractivity contribution in [3.05, 3.63) is 45.9 Å². The van der Waals surface area contributed by atoms with Crippen LogP contribution in [0.4, 0.5) is 10.1 Å². The van der Waals surface area contributed by atoms with Gasteiger partial charge < -0.3 is 5.32 Å². The Hall–Kier alpha value is -1.44. The second-order valence-electron chi connectivity index (χ2n) is 4.33. The van der Waals surface area contributed by atoms with E-state index in [0.29, 0.717) is 11.4 Å². The van der Waals surface area contributed by atoms with Gasteiger partial charge in [0.1, 0.15) is 10.7 Å². The van der Waals surface area contributed by atoms with E-state index < -0.39 is 15.8 Å². The van der Waals surface area contributed by atoms with E-state index in [1.807, 2.05) is 0 Å². The predicted octanol–water partition coefficient (Wildman–Crippen LogP) is 2.72. The van der Waals surface area contributed by atoms with Gasteiger partial charge in [-0.3, -0.25) is 4.72 Å². The molecule has 0 spiro atoms. The number of nitrogens with one attached hydrogen (secondary N) is 2. The smallest absolute Gasteiger partial charge is 0.263 e. The number of rotatable bonds is 5. The quantitative estimate of drug-likeness (QED) is 0.892. The molecule has 2 N–H and O–H groups in total. The minimum atomic E-state index is -3.78. The number of aryl methyl sites for hydroxylation is 1. The van der Waals surface area contributed by atoms with Crippen molar-refractivity contribution in [3.8, 4) is 0 Å². The first kappa shape index (κ1) is 15.0. The number of hydrogen-bond donors (Lipinski definition) is 2. The highest BCUT2D eigenvalue weighted by Crippen LogP contribution is 2.25. The van der Waals surface area contributed by atoms with Crippen molar-refractivity contribution in [1.29, 1.82) is 0 Å². The summed E-state index contributed by atoms with van der Waals surface area (Å²) >= 11 is 1.34. The first-order chi connectivity index (χ1) is 9.44. The minimum absolute atomic E-state index is 0.0355. The molecule has 0 amide bonds. The van der Waals surface area contributed by atoms with Crippen molar-refractivity contribution in [2.24, 2.45) is 0 Å². The van der Waals surface area contributed by atoms with Crippen molar-refractivity contribution in [2.45, 2.75) is 18.4 Å².